The predicted octanol–water partition coefficient (Wildman–Crippen LogP) is 1.54. The zero-order chi connectivity index (χ0) is 16.6. The van der Waals surface area contributed by atoms with Crippen LogP contribution in [0.5, 0.6) is 0 Å². The third kappa shape index (κ3) is 2.78. The van der Waals surface area contributed by atoms with E-state index in [9.17, 15) is 19.5 Å². The summed E-state index contributed by atoms with van der Waals surface area (Å²) in [6.07, 6.45) is 1.56. The maximum Gasteiger partial charge on any atom is 0.354 e. The molecule has 3 rings (SSSR count). The average Bonchev–Trinajstić information content (AvgIpc) is 2.94. The number of carboxylic acid groups (broad SMARTS) is 1. The summed E-state index contributed by atoms with van der Waals surface area (Å²) in [4.78, 5) is 34.4. The number of carbonyl (C=O) groups is 3. The molecule has 0 bridgehead atoms. The molecule has 1 unspecified atom stereocenters. The lowest BCUT2D eigenvalue weighted by molar-refractivity contribution is -0.116. The van der Waals surface area contributed by atoms with Crippen LogP contribution in [0.1, 0.15) is 40.9 Å². The Morgan fingerprint density at radius 3 is 2.83 bits per heavy atom. The topological polar surface area (TPSA) is 124 Å². The summed E-state index contributed by atoms with van der Waals surface area (Å²) in [6, 6.07) is 5.13. The van der Waals surface area contributed by atoms with Gasteiger partial charge in [-0.3, -0.25) is 14.7 Å². The molecule has 0 spiro atoms. The summed E-state index contributed by atoms with van der Waals surface area (Å²) in [5.41, 5.74) is 2.32. The van der Waals surface area contributed by atoms with Gasteiger partial charge in [-0.2, -0.15) is 5.10 Å². The fraction of sp³-hybridized carbons (Fsp3) is 0.200. The van der Waals surface area contributed by atoms with Crippen molar-refractivity contribution in [1.82, 2.24) is 10.2 Å². The molecular weight excluding hydrogens is 300 g/mol. The van der Waals surface area contributed by atoms with Crippen LogP contribution in [-0.4, -0.2) is 33.1 Å². The van der Waals surface area contributed by atoms with Crippen LogP contribution in [0.4, 0.5) is 11.4 Å². The van der Waals surface area contributed by atoms with Crippen LogP contribution in [0.25, 0.3) is 0 Å². The molecule has 23 heavy (non-hydrogen) atoms. The van der Waals surface area contributed by atoms with Gasteiger partial charge in [-0.05, 0) is 17.7 Å². The van der Waals surface area contributed by atoms with Crippen LogP contribution in [0, 0.1) is 0 Å². The van der Waals surface area contributed by atoms with Gasteiger partial charge in [0.1, 0.15) is 5.69 Å². The quantitative estimate of drug-likeness (QED) is 0.684. The van der Waals surface area contributed by atoms with Gasteiger partial charge in [-0.15, -0.1) is 0 Å². The first-order chi connectivity index (χ1) is 11.0. The fourth-order valence-electron chi connectivity index (χ4n) is 2.75. The number of amides is 2. The van der Waals surface area contributed by atoms with E-state index in [0.717, 1.165) is 5.56 Å². The molecule has 8 heteroatoms. The average molecular weight is 314 g/mol. The molecule has 8 nitrogen and oxygen atoms in total. The lowest BCUT2D eigenvalue weighted by atomic mass is 9.84. The minimum atomic E-state index is -1.13. The van der Waals surface area contributed by atoms with Crippen molar-refractivity contribution in [3.8, 4) is 0 Å². The van der Waals surface area contributed by atoms with E-state index < -0.39 is 11.9 Å². The number of rotatable bonds is 3. The second kappa shape index (κ2) is 5.56. The number of fused-ring (bicyclic) bond motifs is 1. The largest absolute Gasteiger partial charge is 0.477 e. The number of aromatic carboxylic acids is 1. The second-order valence-corrected chi connectivity index (χ2v) is 5.29. The van der Waals surface area contributed by atoms with Crippen molar-refractivity contribution in [2.45, 2.75) is 19.3 Å². The number of hydrogen-bond acceptors (Lipinski definition) is 4. The Bertz CT molecular complexity index is 812. The molecule has 2 amide bonds. The van der Waals surface area contributed by atoms with Gasteiger partial charge < -0.3 is 15.7 Å². The Kier molecular flexibility index (Phi) is 3.57. The number of nitrogens with zero attached hydrogens (tertiary/aromatic N) is 1. The predicted molar refractivity (Wildman–Crippen MR) is 81.4 cm³/mol. The number of hydrogen-bond donors (Lipinski definition) is 4. The summed E-state index contributed by atoms with van der Waals surface area (Å²) >= 11 is 0. The highest BCUT2D eigenvalue weighted by Gasteiger charge is 2.30. The van der Waals surface area contributed by atoms with Gasteiger partial charge in [-0.1, -0.05) is 6.07 Å². The maximum absolute atomic E-state index is 12.0. The number of benzene rings is 1. The number of anilines is 2. The molecular formula is C15H14N4O4. The van der Waals surface area contributed by atoms with E-state index in [1.54, 1.807) is 18.2 Å². The van der Waals surface area contributed by atoms with Crippen molar-refractivity contribution in [2.24, 2.45) is 0 Å². The maximum atomic E-state index is 12.0. The Labute approximate surface area is 130 Å². The summed E-state index contributed by atoms with van der Waals surface area (Å²) in [6.45, 7) is 1.39. The van der Waals surface area contributed by atoms with Crippen LogP contribution in [0.15, 0.2) is 24.4 Å². The molecule has 118 valence electrons. The van der Waals surface area contributed by atoms with Crippen molar-refractivity contribution in [2.75, 3.05) is 10.6 Å². The van der Waals surface area contributed by atoms with Crippen molar-refractivity contribution in [3.05, 3.63) is 41.2 Å². The molecule has 0 saturated carbocycles. The normalized spacial score (nSPS) is 16.4. The van der Waals surface area contributed by atoms with E-state index >= 15 is 0 Å². The highest BCUT2D eigenvalue weighted by Crippen LogP contribution is 2.39. The number of aromatic amines is 1. The standard InChI is InChI=1S/C15H14N4O4/c1-7(20)17-8-2-3-9-10(5-13(21)18-12(9)4-8)11-6-16-19-14(11)15(22)23/h2-4,6,10H,5H2,1H3,(H,16,19)(H,17,20)(H,18,21)(H,22,23). The third-order valence-electron chi connectivity index (χ3n) is 3.67. The first kappa shape index (κ1) is 14.8. The van der Waals surface area contributed by atoms with E-state index in [0.29, 0.717) is 16.9 Å². The van der Waals surface area contributed by atoms with Gasteiger partial charge in [0.25, 0.3) is 0 Å². The molecule has 2 aromatic rings. The van der Waals surface area contributed by atoms with Gasteiger partial charge in [0.05, 0.1) is 6.20 Å². The summed E-state index contributed by atoms with van der Waals surface area (Å²) in [7, 11) is 0. The van der Waals surface area contributed by atoms with Gasteiger partial charge >= 0.3 is 5.97 Å². The summed E-state index contributed by atoms with van der Waals surface area (Å²) in [5, 5.41) is 20.8. The molecule has 0 saturated heterocycles. The molecule has 1 aliphatic heterocycles. The lowest BCUT2D eigenvalue weighted by Crippen LogP contribution is -2.24. The monoisotopic (exact) mass is 314 g/mol. The number of carboxylic acids is 1. The van der Waals surface area contributed by atoms with E-state index in [1.807, 2.05) is 0 Å². The summed E-state index contributed by atoms with van der Waals surface area (Å²) in [5.74, 6) is -1.97. The van der Waals surface area contributed by atoms with E-state index in [1.165, 1.54) is 13.1 Å². The van der Waals surface area contributed by atoms with Crippen LogP contribution < -0.4 is 10.6 Å². The van der Waals surface area contributed by atoms with Crippen molar-refractivity contribution >= 4 is 29.2 Å². The minimum Gasteiger partial charge on any atom is -0.477 e. The van der Waals surface area contributed by atoms with Gasteiger partial charge in [0.2, 0.25) is 11.8 Å². The first-order valence-electron chi connectivity index (χ1n) is 6.93. The molecule has 4 N–H and O–H groups in total. The Hall–Kier alpha value is -3.16. The summed E-state index contributed by atoms with van der Waals surface area (Å²) < 4.78 is 0. The van der Waals surface area contributed by atoms with Crippen LogP contribution >= 0.6 is 0 Å². The molecule has 0 radical (unpaired) electrons. The van der Waals surface area contributed by atoms with E-state index in [2.05, 4.69) is 20.8 Å². The number of aromatic nitrogens is 2. The van der Waals surface area contributed by atoms with E-state index in [-0.39, 0.29) is 23.9 Å². The van der Waals surface area contributed by atoms with Gasteiger partial charge in [-0.25, -0.2) is 4.79 Å². The molecule has 2 heterocycles. The fourth-order valence-corrected chi connectivity index (χ4v) is 2.75. The lowest BCUT2D eigenvalue weighted by Gasteiger charge is -2.26. The van der Waals surface area contributed by atoms with Crippen molar-refractivity contribution in [3.63, 3.8) is 0 Å². The molecule has 0 fully saturated rings. The SMILES string of the molecule is CC(=O)Nc1ccc2c(c1)NC(=O)CC2c1cn[nH]c1C(=O)O. The Morgan fingerprint density at radius 1 is 1.35 bits per heavy atom. The number of nitrogens with one attached hydrogen (secondary N) is 3. The Balaban J connectivity index is 2.05. The number of carbonyl (C=O) groups excluding carboxylic acids is 2. The molecule has 0 aliphatic carbocycles. The third-order valence-corrected chi connectivity index (χ3v) is 3.67. The molecule has 1 aromatic carbocycles. The smallest absolute Gasteiger partial charge is 0.354 e. The highest BCUT2D eigenvalue weighted by molar-refractivity contribution is 5.98. The molecule has 1 atom stereocenters. The van der Waals surface area contributed by atoms with E-state index in [4.69, 9.17) is 0 Å². The van der Waals surface area contributed by atoms with Crippen molar-refractivity contribution < 1.29 is 19.5 Å². The number of H-pyrrole nitrogens is 1. The van der Waals surface area contributed by atoms with Crippen LogP contribution in [0.2, 0.25) is 0 Å². The molecule has 1 aliphatic rings. The molecule has 1 aromatic heterocycles. The first-order valence-corrected chi connectivity index (χ1v) is 6.93. The van der Waals surface area contributed by atoms with Crippen LogP contribution in [0.3, 0.4) is 0 Å². The zero-order valence-electron chi connectivity index (χ0n) is 12.2. The van der Waals surface area contributed by atoms with Gasteiger partial charge in [0.15, 0.2) is 0 Å². The van der Waals surface area contributed by atoms with Crippen LogP contribution in [-0.2, 0) is 9.59 Å². The minimum absolute atomic E-state index is 0.0263. The zero-order valence-corrected chi connectivity index (χ0v) is 12.2. The highest BCUT2D eigenvalue weighted by atomic mass is 16.4. The Morgan fingerprint density at radius 2 is 2.13 bits per heavy atom. The second-order valence-electron chi connectivity index (χ2n) is 5.29. The van der Waals surface area contributed by atoms with Gasteiger partial charge in [0, 0.05) is 36.2 Å². The van der Waals surface area contributed by atoms with Crippen molar-refractivity contribution in [1.29, 1.82) is 0 Å².